The van der Waals surface area contributed by atoms with Gasteiger partial charge in [-0.15, -0.1) is 0 Å². The molecule has 1 N–H and O–H groups in total. The van der Waals surface area contributed by atoms with Crippen molar-refractivity contribution in [1.29, 1.82) is 0 Å². The van der Waals surface area contributed by atoms with E-state index in [1.54, 1.807) is 13.8 Å². The largest absolute Gasteiger partial charge is 0.478 e. The fourth-order valence-electron chi connectivity index (χ4n) is 3.49. The summed E-state index contributed by atoms with van der Waals surface area (Å²) in [5.41, 5.74) is 0.924. The van der Waals surface area contributed by atoms with Crippen LogP contribution >= 0.6 is 0 Å². The van der Waals surface area contributed by atoms with Crippen LogP contribution in [-0.4, -0.2) is 43.4 Å². The number of carbonyl (C=O) groups is 1. The van der Waals surface area contributed by atoms with E-state index in [-0.39, 0.29) is 29.9 Å². The predicted molar refractivity (Wildman–Crippen MR) is 117 cm³/mol. The molecule has 168 valence electrons. The lowest BCUT2D eigenvalue weighted by atomic mass is 10.0. The minimum absolute atomic E-state index is 0.0689. The first-order valence-corrected chi connectivity index (χ1v) is 11.8. The molecule has 3 rings (SSSR count). The van der Waals surface area contributed by atoms with Gasteiger partial charge in [-0.1, -0.05) is 12.1 Å². The number of nitrogens with one attached hydrogen (secondary N) is 1. The Morgan fingerprint density at radius 1 is 1.10 bits per heavy atom. The highest BCUT2D eigenvalue weighted by atomic mass is 32.2. The van der Waals surface area contributed by atoms with Crippen molar-refractivity contribution < 1.29 is 22.3 Å². The first-order valence-electron chi connectivity index (χ1n) is 10.3. The van der Waals surface area contributed by atoms with E-state index < -0.39 is 21.4 Å². The van der Waals surface area contributed by atoms with Crippen LogP contribution in [0.3, 0.4) is 0 Å². The zero-order valence-electron chi connectivity index (χ0n) is 18.3. The minimum atomic E-state index is -3.68. The summed E-state index contributed by atoms with van der Waals surface area (Å²) in [6, 6.07) is 10.5. The third-order valence-corrected chi connectivity index (χ3v) is 7.41. The van der Waals surface area contributed by atoms with Gasteiger partial charge in [0.1, 0.15) is 11.6 Å². The van der Waals surface area contributed by atoms with Crippen molar-refractivity contribution in [3.05, 3.63) is 59.4 Å². The van der Waals surface area contributed by atoms with Crippen LogP contribution in [0, 0.1) is 19.7 Å². The summed E-state index contributed by atoms with van der Waals surface area (Å²) >= 11 is 0. The number of hydrogen-bond acceptors (Lipinski definition) is 4. The van der Waals surface area contributed by atoms with Crippen molar-refractivity contribution in [1.82, 2.24) is 9.62 Å². The van der Waals surface area contributed by atoms with E-state index in [0.717, 1.165) is 23.3 Å². The zero-order valence-corrected chi connectivity index (χ0v) is 19.1. The number of rotatable bonds is 6. The molecule has 31 heavy (non-hydrogen) atoms. The monoisotopic (exact) mass is 448 g/mol. The highest BCUT2D eigenvalue weighted by molar-refractivity contribution is 7.89. The molecule has 2 aromatic rings. The first kappa shape index (κ1) is 23.2. The van der Waals surface area contributed by atoms with Gasteiger partial charge in [0.05, 0.1) is 4.90 Å². The predicted octanol–water partition coefficient (Wildman–Crippen LogP) is 3.57. The van der Waals surface area contributed by atoms with Crippen LogP contribution in [-0.2, 0) is 14.8 Å². The summed E-state index contributed by atoms with van der Waals surface area (Å²) < 4.78 is 46.0. The van der Waals surface area contributed by atoms with Crippen molar-refractivity contribution >= 4 is 15.9 Å². The Morgan fingerprint density at radius 2 is 1.71 bits per heavy atom. The zero-order chi connectivity index (χ0) is 22.8. The van der Waals surface area contributed by atoms with Gasteiger partial charge in [0, 0.05) is 19.1 Å². The van der Waals surface area contributed by atoms with Gasteiger partial charge in [-0.3, -0.25) is 4.79 Å². The molecule has 1 aliphatic heterocycles. The molecule has 0 atom stereocenters. The van der Waals surface area contributed by atoms with Crippen LogP contribution in [0.2, 0.25) is 0 Å². The maximum atomic E-state index is 13.1. The normalized spacial score (nSPS) is 16.2. The van der Waals surface area contributed by atoms with Gasteiger partial charge in [0.25, 0.3) is 5.91 Å². The van der Waals surface area contributed by atoms with Crippen molar-refractivity contribution in [2.24, 2.45) is 0 Å². The highest BCUT2D eigenvalue weighted by Gasteiger charge is 2.35. The number of amides is 1. The third-order valence-electron chi connectivity index (χ3n) is 5.50. The molecule has 1 saturated heterocycles. The number of halogens is 1. The lowest BCUT2D eigenvalue weighted by Crippen LogP contribution is -2.53. The number of carbonyl (C=O) groups excluding carboxylic acids is 1. The molecule has 1 aliphatic rings. The average Bonchev–Trinajstić information content (AvgIpc) is 2.71. The molecule has 0 saturated carbocycles. The Morgan fingerprint density at radius 3 is 2.32 bits per heavy atom. The van der Waals surface area contributed by atoms with E-state index in [1.165, 1.54) is 16.4 Å². The summed E-state index contributed by atoms with van der Waals surface area (Å²) in [7, 11) is -3.68. The lowest BCUT2D eigenvalue weighted by Gasteiger charge is -2.34. The van der Waals surface area contributed by atoms with Crippen LogP contribution in [0.25, 0.3) is 0 Å². The second-order valence-electron chi connectivity index (χ2n) is 8.49. The second kappa shape index (κ2) is 8.96. The molecule has 2 aromatic carbocycles. The van der Waals surface area contributed by atoms with Crippen LogP contribution in [0.1, 0.15) is 37.8 Å². The molecule has 1 heterocycles. The van der Waals surface area contributed by atoms with Crippen molar-refractivity contribution in [2.75, 3.05) is 13.1 Å². The van der Waals surface area contributed by atoms with Crippen molar-refractivity contribution in [3.63, 3.8) is 0 Å². The van der Waals surface area contributed by atoms with Crippen LogP contribution < -0.4 is 10.1 Å². The van der Waals surface area contributed by atoms with Crippen LogP contribution in [0.15, 0.2) is 47.4 Å². The van der Waals surface area contributed by atoms with Gasteiger partial charge >= 0.3 is 0 Å². The lowest BCUT2D eigenvalue weighted by molar-refractivity contribution is -0.135. The fraction of sp³-hybridized carbons (Fsp3) is 0.435. The minimum Gasteiger partial charge on any atom is -0.478 e. The molecule has 1 amide bonds. The number of piperidine rings is 1. The molecule has 0 radical (unpaired) electrons. The third kappa shape index (κ3) is 5.43. The SMILES string of the molecule is Cc1ccc(C)c(OC(C)(C)C(=O)NC2CCN(S(=O)(=O)c3ccc(F)cc3)CC2)c1. The van der Waals surface area contributed by atoms with E-state index >= 15 is 0 Å². The number of ether oxygens (including phenoxy) is 1. The summed E-state index contributed by atoms with van der Waals surface area (Å²) in [6.45, 7) is 7.90. The van der Waals surface area contributed by atoms with Crippen molar-refractivity contribution in [3.8, 4) is 5.75 Å². The average molecular weight is 449 g/mol. The van der Waals surface area contributed by atoms with E-state index in [1.807, 2.05) is 32.0 Å². The molecule has 6 nitrogen and oxygen atoms in total. The summed E-state index contributed by atoms with van der Waals surface area (Å²) in [5, 5.41) is 3.00. The molecule has 0 aromatic heterocycles. The Labute approximate surface area is 183 Å². The Hall–Kier alpha value is -2.45. The Bertz CT molecular complexity index is 1040. The van der Waals surface area contributed by atoms with Gasteiger partial charge in [0.2, 0.25) is 10.0 Å². The molecular weight excluding hydrogens is 419 g/mol. The van der Waals surface area contributed by atoms with Gasteiger partial charge in [-0.2, -0.15) is 4.31 Å². The van der Waals surface area contributed by atoms with Gasteiger partial charge < -0.3 is 10.1 Å². The van der Waals surface area contributed by atoms with Crippen LogP contribution in [0.4, 0.5) is 4.39 Å². The van der Waals surface area contributed by atoms with Gasteiger partial charge in [0.15, 0.2) is 5.60 Å². The number of aryl methyl sites for hydroxylation is 2. The molecule has 1 fully saturated rings. The fourth-order valence-corrected chi connectivity index (χ4v) is 4.96. The van der Waals surface area contributed by atoms with E-state index in [4.69, 9.17) is 4.74 Å². The molecule has 0 aliphatic carbocycles. The summed E-state index contributed by atoms with van der Waals surface area (Å²) in [6.07, 6.45) is 0.984. The van der Waals surface area contributed by atoms with Crippen LogP contribution in [0.5, 0.6) is 5.75 Å². The standard InChI is InChI=1S/C23H29FN2O4S/c1-16-5-6-17(2)21(15-16)30-23(3,4)22(27)25-19-11-13-26(14-12-19)31(28,29)20-9-7-18(24)8-10-20/h5-10,15,19H,11-14H2,1-4H3,(H,25,27). The topological polar surface area (TPSA) is 75.7 Å². The number of benzene rings is 2. The number of hydrogen-bond donors (Lipinski definition) is 1. The molecule has 0 unspecified atom stereocenters. The van der Waals surface area contributed by atoms with E-state index in [2.05, 4.69) is 5.32 Å². The molecule has 8 heteroatoms. The van der Waals surface area contributed by atoms with Gasteiger partial charge in [-0.05, 0) is 82.0 Å². The molecule has 0 bridgehead atoms. The smallest absolute Gasteiger partial charge is 0.263 e. The molecule has 0 spiro atoms. The maximum absolute atomic E-state index is 13.1. The quantitative estimate of drug-likeness (QED) is 0.733. The first-order chi connectivity index (χ1) is 14.5. The molecular formula is C23H29FN2O4S. The van der Waals surface area contributed by atoms with Gasteiger partial charge in [-0.25, -0.2) is 12.8 Å². The maximum Gasteiger partial charge on any atom is 0.263 e. The van der Waals surface area contributed by atoms with E-state index in [0.29, 0.717) is 18.6 Å². The number of sulfonamides is 1. The number of nitrogens with zero attached hydrogens (tertiary/aromatic N) is 1. The van der Waals surface area contributed by atoms with Crippen molar-refractivity contribution in [2.45, 2.75) is 57.1 Å². The second-order valence-corrected chi connectivity index (χ2v) is 10.4. The van der Waals surface area contributed by atoms with E-state index in [9.17, 15) is 17.6 Å². The summed E-state index contributed by atoms with van der Waals surface area (Å²) in [4.78, 5) is 12.9. The Balaban J connectivity index is 1.59. The highest BCUT2D eigenvalue weighted by Crippen LogP contribution is 2.25. The Kier molecular flexibility index (Phi) is 6.71. The summed E-state index contributed by atoms with van der Waals surface area (Å²) in [5.74, 6) is -0.0559.